The van der Waals surface area contributed by atoms with Crippen LogP contribution in [0.5, 0.6) is 11.5 Å². The number of morpholine rings is 1. The van der Waals surface area contributed by atoms with Gasteiger partial charge in [-0.2, -0.15) is 0 Å². The Hall–Kier alpha value is -3.05. The maximum absolute atomic E-state index is 12.5. The lowest BCUT2D eigenvalue weighted by atomic mass is 10.1. The lowest BCUT2D eigenvalue weighted by molar-refractivity contribution is 0.104. The smallest absolute Gasteiger partial charge is 0.185 e. The molecule has 2 aromatic carbocycles. The van der Waals surface area contributed by atoms with Gasteiger partial charge in [-0.05, 0) is 48.0 Å². The second-order valence-corrected chi connectivity index (χ2v) is 6.35. The van der Waals surface area contributed by atoms with Crippen molar-refractivity contribution in [3.05, 3.63) is 72.3 Å². The molecular weight excluding hydrogens is 354 g/mol. The molecule has 2 aromatic rings. The number of ketones is 1. The first-order valence-corrected chi connectivity index (χ1v) is 9.28. The average molecular weight is 379 g/mol. The van der Waals surface area contributed by atoms with Gasteiger partial charge in [0.05, 0.1) is 20.3 Å². The highest BCUT2D eigenvalue weighted by Gasteiger charge is 2.11. The van der Waals surface area contributed by atoms with Crippen molar-refractivity contribution in [2.24, 2.45) is 0 Å². The molecule has 1 saturated heterocycles. The van der Waals surface area contributed by atoms with E-state index in [0.29, 0.717) is 23.7 Å². The predicted molar refractivity (Wildman–Crippen MR) is 112 cm³/mol. The van der Waals surface area contributed by atoms with Crippen molar-refractivity contribution in [3.63, 3.8) is 0 Å². The lowest BCUT2D eigenvalue weighted by Gasteiger charge is -2.28. The molecule has 0 atom stereocenters. The fourth-order valence-corrected chi connectivity index (χ4v) is 2.98. The molecule has 0 amide bonds. The van der Waals surface area contributed by atoms with E-state index in [1.165, 1.54) is 0 Å². The molecule has 28 heavy (non-hydrogen) atoms. The number of nitrogens with zero attached hydrogens (tertiary/aromatic N) is 1. The minimum atomic E-state index is -0.0421. The Labute approximate surface area is 165 Å². The maximum Gasteiger partial charge on any atom is 0.185 e. The first-order chi connectivity index (χ1) is 13.7. The lowest BCUT2D eigenvalue weighted by Crippen LogP contribution is -2.36. The van der Waals surface area contributed by atoms with Crippen LogP contribution in [0.25, 0.3) is 6.08 Å². The molecule has 0 aromatic heterocycles. The molecule has 5 nitrogen and oxygen atoms in total. The standard InChI is InChI=1S/C23H25NO4/c1-3-14-28-22-11-5-18(17-23(22)26-2)4-10-21(25)19-6-8-20(9-7-19)24-12-15-27-16-13-24/h3-11,17H,1,12-16H2,2H3/b10-4+. The molecule has 146 valence electrons. The van der Waals surface area contributed by atoms with E-state index in [1.807, 2.05) is 42.5 Å². The third-order valence-corrected chi connectivity index (χ3v) is 4.50. The molecule has 0 unspecified atom stereocenters. The Bertz CT molecular complexity index is 836. The van der Waals surface area contributed by atoms with Gasteiger partial charge in [-0.25, -0.2) is 0 Å². The molecule has 0 radical (unpaired) electrons. The van der Waals surface area contributed by atoms with Gasteiger partial charge in [0.1, 0.15) is 6.61 Å². The molecule has 0 saturated carbocycles. The van der Waals surface area contributed by atoms with Gasteiger partial charge in [0.25, 0.3) is 0 Å². The van der Waals surface area contributed by atoms with Gasteiger partial charge in [0.2, 0.25) is 0 Å². The molecule has 0 aliphatic carbocycles. The van der Waals surface area contributed by atoms with Gasteiger partial charge in [-0.1, -0.05) is 24.8 Å². The summed E-state index contributed by atoms with van der Waals surface area (Å²) in [5, 5.41) is 0. The largest absolute Gasteiger partial charge is 0.493 e. The highest BCUT2D eigenvalue weighted by Crippen LogP contribution is 2.28. The van der Waals surface area contributed by atoms with Gasteiger partial charge in [-0.15, -0.1) is 0 Å². The summed E-state index contributed by atoms with van der Waals surface area (Å²) >= 11 is 0. The minimum absolute atomic E-state index is 0.0421. The van der Waals surface area contributed by atoms with Crippen LogP contribution in [-0.2, 0) is 4.74 Å². The summed E-state index contributed by atoms with van der Waals surface area (Å²) in [6.07, 6.45) is 5.02. The zero-order valence-electron chi connectivity index (χ0n) is 16.1. The fraction of sp³-hybridized carbons (Fsp3) is 0.261. The molecule has 1 heterocycles. The van der Waals surface area contributed by atoms with Crippen LogP contribution >= 0.6 is 0 Å². The third-order valence-electron chi connectivity index (χ3n) is 4.50. The first kappa shape index (κ1) is 19.7. The number of ether oxygens (including phenoxy) is 3. The number of carbonyl (C=O) groups is 1. The van der Waals surface area contributed by atoms with E-state index in [0.717, 1.165) is 37.6 Å². The van der Waals surface area contributed by atoms with Crippen molar-refractivity contribution in [2.45, 2.75) is 0 Å². The highest BCUT2D eigenvalue weighted by atomic mass is 16.5. The normalized spacial score (nSPS) is 14.1. The number of benzene rings is 2. The molecule has 1 aliphatic heterocycles. The Balaban J connectivity index is 1.66. The summed E-state index contributed by atoms with van der Waals surface area (Å²) in [6, 6.07) is 13.2. The van der Waals surface area contributed by atoms with Crippen molar-refractivity contribution in [1.82, 2.24) is 0 Å². The van der Waals surface area contributed by atoms with Crippen LogP contribution in [0.15, 0.2) is 61.2 Å². The summed E-state index contributed by atoms with van der Waals surface area (Å²) in [7, 11) is 1.59. The second-order valence-electron chi connectivity index (χ2n) is 6.35. The quantitative estimate of drug-likeness (QED) is 0.394. The second kappa shape index (κ2) is 9.76. The minimum Gasteiger partial charge on any atom is -0.493 e. The van der Waals surface area contributed by atoms with Gasteiger partial charge >= 0.3 is 0 Å². The topological polar surface area (TPSA) is 48.0 Å². The van der Waals surface area contributed by atoms with Crippen LogP contribution in [0.2, 0.25) is 0 Å². The number of anilines is 1. The number of methoxy groups -OCH3 is 1. The number of rotatable bonds is 8. The molecule has 1 fully saturated rings. The van der Waals surface area contributed by atoms with Gasteiger partial charge < -0.3 is 19.1 Å². The van der Waals surface area contributed by atoms with Crippen LogP contribution in [-0.4, -0.2) is 45.8 Å². The third kappa shape index (κ3) is 5.02. The predicted octanol–water partition coefficient (Wildman–Crippen LogP) is 3.99. The summed E-state index contributed by atoms with van der Waals surface area (Å²) in [4.78, 5) is 14.7. The van der Waals surface area contributed by atoms with Crippen LogP contribution < -0.4 is 14.4 Å². The Morgan fingerprint density at radius 2 is 1.89 bits per heavy atom. The van der Waals surface area contributed by atoms with E-state index in [1.54, 1.807) is 25.3 Å². The van der Waals surface area contributed by atoms with E-state index in [4.69, 9.17) is 14.2 Å². The van der Waals surface area contributed by atoms with Gasteiger partial charge in [0, 0.05) is 24.3 Å². The van der Waals surface area contributed by atoms with Crippen molar-refractivity contribution in [3.8, 4) is 11.5 Å². The zero-order chi connectivity index (χ0) is 19.8. The molecular formula is C23H25NO4. The van der Waals surface area contributed by atoms with E-state index < -0.39 is 0 Å². The van der Waals surface area contributed by atoms with E-state index in [2.05, 4.69) is 11.5 Å². The maximum atomic E-state index is 12.5. The number of hydrogen-bond acceptors (Lipinski definition) is 5. The van der Waals surface area contributed by atoms with Crippen LogP contribution in [0, 0.1) is 0 Å². The van der Waals surface area contributed by atoms with Crippen LogP contribution in [0.4, 0.5) is 5.69 Å². The van der Waals surface area contributed by atoms with Crippen molar-refractivity contribution < 1.29 is 19.0 Å². The van der Waals surface area contributed by atoms with Crippen molar-refractivity contribution in [2.75, 3.05) is 44.9 Å². The summed E-state index contributed by atoms with van der Waals surface area (Å²) in [5.74, 6) is 1.22. The zero-order valence-corrected chi connectivity index (χ0v) is 16.1. The summed E-state index contributed by atoms with van der Waals surface area (Å²) < 4.78 is 16.3. The first-order valence-electron chi connectivity index (χ1n) is 9.28. The summed E-state index contributed by atoms with van der Waals surface area (Å²) in [6.45, 7) is 7.28. The molecule has 0 bridgehead atoms. The van der Waals surface area contributed by atoms with E-state index >= 15 is 0 Å². The molecule has 5 heteroatoms. The summed E-state index contributed by atoms with van der Waals surface area (Å²) in [5.41, 5.74) is 2.64. The van der Waals surface area contributed by atoms with Crippen LogP contribution in [0.3, 0.4) is 0 Å². The van der Waals surface area contributed by atoms with E-state index in [9.17, 15) is 4.79 Å². The van der Waals surface area contributed by atoms with Gasteiger partial charge in [-0.3, -0.25) is 4.79 Å². The SMILES string of the molecule is C=CCOc1ccc(/C=C/C(=O)c2ccc(N3CCOCC3)cc2)cc1OC. The fourth-order valence-electron chi connectivity index (χ4n) is 2.98. The molecule has 1 aliphatic rings. The van der Waals surface area contributed by atoms with Gasteiger partial charge in [0.15, 0.2) is 17.3 Å². The number of allylic oxidation sites excluding steroid dienone is 1. The van der Waals surface area contributed by atoms with Crippen molar-refractivity contribution >= 4 is 17.5 Å². The monoisotopic (exact) mass is 379 g/mol. The van der Waals surface area contributed by atoms with E-state index in [-0.39, 0.29) is 5.78 Å². The molecule has 0 spiro atoms. The number of hydrogen-bond donors (Lipinski definition) is 0. The Morgan fingerprint density at radius 1 is 1.14 bits per heavy atom. The van der Waals surface area contributed by atoms with Crippen LogP contribution in [0.1, 0.15) is 15.9 Å². The molecule has 3 rings (SSSR count). The van der Waals surface area contributed by atoms with Crippen molar-refractivity contribution in [1.29, 1.82) is 0 Å². The highest BCUT2D eigenvalue weighted by molar-refractivity contribution is 6.07. The average Bonchev–Trinajstić information content (AvgIpc) is 2.77. The number of carbonyl (C=O) groups excluding carboxylic acids is 1. The molecule has 0 N–H and O–H groups in total. The Morgan fingerprint density at radius 3 is 2.57 bits per heavy atom. The Kier molecular flexibility index (Phi) is 6.87.